The van der Waals surface area contributed by atoms with E-state index in [0.717, 1.165) is 76.6 Å². The lowest BCUT2D eigenvalue weighted by atomic mass is 10.0. The van der Waals surface area contributed by atoms with Crippen LogP contribution < -0.4 is 5.32 Å². The van der Waals surface area contributed by atoms with Crippen LogP contribution in [0, 0.1) is 0 Å². The average Bonchev–Trinajstić information content (AvgIpc) is 3.02. The van der Waals surface area contributed by atoms with Gasteiger partial charge >= 0.3 is 0 Å². The van der Waals surface area contributed by atoms with Gasteiger partial charge in [-0.05, 0) is 18.6 Å². The second-order valence-electron chi connectivity index (χ2n) is 6.47. The van der Waals surface area contributed by atoms with Crippen molar-refractivity contribution in [2.24, 2.45) is 0 Å². The van der Waals surface area contributed by atoms with E-state index in [-0.39, 0.29) is 0 Å². The van der Waals surface area contributed by atoms with Gasteiger partial charge in [-0.3, -0.25) is 14.6 Å². The van der Waals surface area contributed by atoms with E-state index in [0.29, 0.717) is 0 Å². The van der Waals surface area contributed by atoms with Crippen LogP contribution in [0.3, 0.4) is 0 Å². The SMILES string of the molecule is c1cc(-c2nn(CCCN3CCOCC3)c3c2CNCC3)ccn1. The summed E-state index contributed by atoms with van der Waals surface area (Å²) in [7, 11) is 0. The highest BCUT2D eigenvalue weighted by atomic mass is 16.5. The third-order valence-electron chi connectivity index (χ3n) is 4.91. The number of nitrogens with one attached hydrogen (secondary N) is 1. The van der Waals surface area contributed by atoms with Crippen molar-refractivity contribution >= 4 is 0 Å². The number of pyridine rings is 1. The minimum absolute atomic E-state index is 0.870. The molecule has 2 aliphatic rings. The number of aromatic nitrogens is 3. The lowest BCUT2D eigenvalue weighted by Crippen LogP contribution is -2.37. The first-order valence-corrected chi connectivity index (χ1v) is 8.91. The Balaban J connectivity index is 1.49. The van der Waals surface area contributed by atoms with E-state index in [1.54, 1.807) is 0 Å². The number of hydrogen-bond acceptors (Lipinski definition) is 5. The molecule has 0 radical (unpaired) electrons. The van der Waals surface area contributed by atoms with Crippen molar-refractivity contribution in [3.63, 3.8) is 0 Å². The van der Waals surface area contributed by atoms with Crippen LogP contribution >= 0.6 is 0 Å². The third-order valence-corrected chi connectivity index (χ3v) is 4.91. The fraction of sp³-hybridized carbons (Fsp3) is 0.556. The van der Waals surface area contributed by atoms with Gasteiger partial charge in [-0.2, -0.15) is 5.10 Å². The molecule has 2 aliphatic heterocycles. The molecule has 0 aromatic carbocycles. The molecule has 4 heterocycles. The number of aryl methyl sites for hydroxylation is 1. The zero-order valence-electron chi connectivity index (χ0n) is 14.1. The summed E-state index contributed by atoms with van der Waals surface area (Å²) in [5.41, 5.74) is 5.05. The van der Waals surface area contributed by atoms with Crippen LogP contribution in [0.5, 0.6) is 0 Å². The maximum absolute atomic E-state index is 5.42. The van der Waals surface area contributed by atoms with Crippen molar-refractivity contribution in [1.29, 1.82) is 0 Å². The Kier molecular flexibility index (Phi) is 4.87. The minimum atomic E-state index is 0.870. The smallest absolute Gasteiger partial charge is 0.0972 e. The number of fused-ring (bicyclic) bond motifs is 1. The summed E-state index contributed by atoms with van der Waals surface area (Å²) in [6, 6.07) is 4.10. The Morgan fingerprint density at radius 1 is 1.12 bits per heavy atom. The number of morpholine rings is 1. The topological polar surface area (TPSA) is 55.2 Å². The zero-order valence-corrected chi connectivity index (χ0v) is 14.1. The van der Waals surface area contributed by atoms with E-state index in [4.69, 9.17) is 9.84 Å². The van der Waals surface area contributed by atoms with Gasteiger partial charge in [0, 0.05) is 74.9 Å². The van der Waals surface area contributed by atoms with Gasteiger partial charge in [0.25, 0.3) is 0 Å². The first-order valence-electron chi connectivity index (χ1n) is 8.91. The molecule has 0 amide bonds. The molecule has 1 saturated heterocycles. The molecule has 0 bridgehead atoms. The summed E-state index contributed by atoms with van der Waals surface area (Å²) in [5.74, 6) is 0. The van der Waals surface area contributed by atoms with E-state index in [1.165, 1.54) is 11.3 Å². The molecule has 2 aromatic rings. The fourth-order valence-electron chi connectivity index (χ4n) is 3.62. The van der Waals surface area contributed by atoms with Crippen LogP contribution in [0.2, 0.25) is 0 Å². The fourth-order valence-corrected chi connectivity index (χ4v) is 3.62. The van der Waals surface area contributed by atoms with Crippen LogP contribution in [-0.4, -0.2) is 59.1 Å². The van der Waals surface area contributed by atoms with Gasteiger partial charge in [0.05, 0.1) is 18.9 Å². The van der Waals surface area contributed by atoms with Gasteiger partial charge in [-0.15, -0.1) is 0 Å². The Morgan fingerprint density at radius 3 is 2.79 bits per heavy atom. The summed E-state index contributed by atoms with van der Waals surface area (Å²) in [4.78, 5) is 6.62. The molecule has 6 nitrogen and oxygen atoms in total. The first-order chi connectivity index (χ1) is 11.9. The molecular formula is C18H25N5O. The second-order valence-corrected chi connectivity index (χ2v) is 6.47. The molecule has 6 heteroatoms. The Labute approximate surface area is 142 Å². The lowest BCUT2D eigenvalue weighted by Gasteiger charge is -2.26. The largest absolute Gasteiger partial charge is 0.379 e. The number of ether oxygens (including phenoxy) is 1. The zero-order chi connectivity index (χ0) is 16.2. The van der Waals surface area contributed by atoms with Crippen molar-refractivity contribution in [1.82, 2.24) is 25.0 Å². The number of hydrogen-bond donors (Lipinski definition) is 1. The van der Waals surface area contributed by atoms with Gasteiger partial charge in [0.15, 0.2) is 0 Å². The maximum Gasteiger partial charge on any atom is 0.0972 e. The predicted molar refractivity (Wildman–Crippen MR) is 92.7 cm³/mol. The quantitative estimate of drug-likeness (QED) is 0.897. The summed E-state index contributed by atoms with van der Waals surface area (Å²) in [6.45, 7) is 7.93. The van der Waals surface area contributed by atoms with Crippen LogP contribution in [0.15, 0.2) is 24.5 Å². The van der Waals surface area contributed by atoms with E-state index < -0.39 is 0 Å². The Bertz CT molecular complexity index is 664. The van der Waals surface area contributed by atoms with Crippen molar-refractivity contribution in [3.05, 3.63) is 35.8 Å². The maximum atomic E-state index is 5.42. The molecule has 0 spiro atoms. The third kappa shape index (κ3) is 3.36. The van der Waals surface area contributed by atoms with Gasteiger partial charge in [-0.1, -0.05) is 0 Å². The van der Waals surface area contributed by atoms with Crippen molar-refractivity contribution in [3.8, 4) is 11.3 Å². The minimum Gasteiger partial charge on any atom is -0.379 e. The van der Waals surface area contributed by atoms with Gasteiger partial charge < -0.3 is 10.1 Å². The lowest BCUT2D eigenvalue weighted by molar-refractivity contribution is 0.0368. The second kappa shape index (κ2) is 7.42. The number of nitrogens with zero attached hydrogens (tertiary/aromatic N) is 4. The standard InChI is InChI=1S/C18H25N5O/c1(8-22-10-12-24-13-11-22)9-23-17-4-7-20-14-16(17)18(21-23)15-2-5-19-6-3-15/h2-3,5-6,20H,1,4,7-14H2. The summed E-state index contributed by atoms with van der Waals surface area (Å²) < 4.78 is 7.66. The summed E-state index contributed by atoms with van der Waals surface area (Å²) in [6.07, 6.45) is 5.88. The monoisotopic (exact) mass is 327 g/mol. The van der Waals surface area contributed by atoms with Crippen LogP contribution in [-0.2, 0) is 24.2 Å². The Morgan fingerprint density at radius 2 is 1.96 bits per heavy atom. The summed E-state index contributed by atoms with van der Waals surface area (Å²) in [5, 5.41) is 8.43. The normalized spacial score (nSPS) is 18.5. The molecule has 24 heavy (non-hydrogen) atoms. The molecule has 1 fully saturated rings. The highest BCUT2D eigenvalue weighted by molar-refractivity contribution is 5.63. The molecule has 4 rings (SSSR count). The van der Waals surface area contributed by atoms with E-state index in [1.807, 2.05) is 12.4 Å². The molecule has 0 atom stereocenters. The molecule has 0 unspecified atom stereocenters. The highest BCUT2D eigenvalue weighted by Crippen LogP contribution is 2.27. The number of rotatable bonds is 5. The first kappa shape index (κ1) is 15.7. The molecule has 0 saturated carbocycles. The van der Waals surface area contributed by atoms with Gasteiger partial charge in [0.2, 0.25) is 0 Å². The summed E-state index contributed by atoms with van der Waals surface area (Å²) >= 11 is 0. The highest BCUT2D eigenvalue weighted by Gasteiger charge is 2.21. The van der Waals surface area contributed by atoms with E-state index in [2.05, 4.69) is 32.0 Å². The Hall–Kier alpha value is -1.76. The van der Waals surface area contributed by atoms with E-state index >= 15 is 0 Å². The molecule has 2 aromatic heterocycles. The van der Waals surface area contributed by atoms with Gasteiger partial charge in [0.1, 0.15) is 0 Å². The van der Waals surface area contributed by atoms with Gasteiger partial charge in [-0.25, -0.2) is 0 Å². The van der Waals surface area contributed by atoms with Crippen LogP contribution in [0.4, 0.5) is 0 Å². The average molecular weight is 327 g/mol. The van der Waals surface area contributed by atoms with Crippen LogP contribution in [0.25, 0.3) is 11.3 Å². The predicted octanol–water partition coefficient (Wildman–Crippen LogP) is 1.31. The van der Waals surface area contributed by atoms with Crippen molar-refractivity contribution in [2.45, 2.75) is 25.9 Å². The molecule has 1 N–H and O–H groups in total. The molecular weight excluding hydrogens is 302 g/mol. The van der Waals surface area contributed by atoms with Crippen LogP contribution in [0.1, 0.15) is 17.7 Å². The molecule has 128 valence electrons. The van der Waals surface area contributed by atoms with Crippen molar-refractivity contribution in [2.75, 3.05) is 39.4 Å². The molecule has 0 aliphatic carbocycles. The van der Waals surface area contributed by atoms with Crippen molar-refractivity contribution < 1.29 is 4.74 Å². The van der Waals surface area contributed by atoms with E-state index in [9.17, 15) is 0 Å².